The van der Waals surface area contributed by atoms with Gasteiger partial charge in [-0.1, -0.05) is 0 Å². The lowest BCUT2D eigenvalue weighted by Crippen LogP contribution is -2.27. The van der Waals surface area contributed by atoms with Gasteiger partial charge >= 0.3 is 0 Å². The molecule has 96 valence electrons. The Morgan fingerprint density at radius 1 is 1.39 bits per heavy atom. The van der Waals surface area contributed by atoms with Gasteiger partial charge in [0.15, 0.2) is 0 Å². The third kappa shape index (κ3) is 2.81. The van der Waals surface area contributed by atoms with E-state index in [0.717, 1.165) is 0 Å². The summed E-state index contributed by atoms with van der Waals surface area (Å²) in [6.07, 6.45) is 3.21. The number of hydrogen-bond donors (Lipinski definition) is 3. The molecule has 4 N–H and O–H groups in total. The minimum atomic E-state index is -3.64. The minimum Gasteiger partial charge on any atom is -0.383 e. The van der Waals surface area contributed by atoms with Crippen molar-refractivity contribution in [2.24, 2.45) is 0 Å². The zero-order valence-electron chi connectivity index (χ0n) is 9.37. The third-order valence-corrected chi connectivity index (χ3v) is 3.72. The second kappa shape index (κ2) is 5.10. The highest BCUT2D eigenvalue weighted by Crippen LogP contribution is 2.13. The van der Waals surface area contributed by atoms with E-state index in [4.69, 9.17) is 5.73 Å². The number of anilines is 1. The predicted octanol–water partition coefficient (Wildman–Crippen LogP) is -0.697. The average molecular weight is 268 g/mol. The monoisotopic (exact) mass is 268 g/mol. The fraction of sp³-hybridized carbons (Fsp3) is 0.222. The SMILES string of the molecule is Nc1ncccc1S(=O)(=O)NCCc1ncn[nH]1. The van der Waals surface area contributed by atoms with Gasteiger partial charge in [-0.05, 0) is 12.1 Å². The Bertz CT molecular complexity index is 610. The smallest absolute Gasteiger partial charge is 0.244 e. The van der Waals surface area contributed by atoms with Crippen molar-refractivity contribution in [2.45, 2.75) is 11.3 Å². The zero-order valence-corrected chi connectivity index (χ0v) is 10.2. The molecule has 0 fully saturated rings. The molecule has 18 heavy (non-hydrogen) atoms. The highest BCUT2D eigenvalue weighted by atomic mass is 32.2. The summed E-state index contributed by atoms with van der Waals surface area (Å²) < 4.78 is 26.2. The normalized spacial score (nSPS) is 11.6. The summed E-state index contributed by atoms with van der Waals surface area (Å²) in [5.41, 5.74) is 5.51. The highest BCUT2D eigenvalue weighted by Gasteiger charge is 2.17. The number of nitrogens with zero attached hydrogens (tertiary/aromatic N) is 3. The lowest BCUT2D eigenvalue weighted by molar-refractivity contribution is 0.581. The molecule has 0 atom stereocenters. The molecule has 0 aromatic carbocycles. The summed E-state index contributed by atoms with van der Waals surface area (Å²) in [6, 6.07) is 2.92. The van der Waals surface area contributed by atoms with Gasteiger partial charge in [-0.25, -0.2) is 23.1 Å². The molecule has 0 aliphatic rings. The quantitative estimate of drug-likeness (QED) is 0.658. The standard InChI is InChI=1S/C9H12N6O2S/c10-9-7(2-1-4-11-9)18(16,17)14-5-3-8-12-6-13-15-8/h1-2,4,6,14H,3,5H2,(H2,10,11)(H,12,13,15). The number of pyridine rings is 1. The Morgan fingerprint density at radius 3 is 2.89 bits per heavy atom. The number of nitrogen functional groups attached to an aromatic ring is 1. The molecule has 2 aromatic rings. The average Bonchev–Trinajstić information content (AvgIpc) is 2.82. The number of H-pyrrole nitrogens is 1. The van der Waals surface area contributed by atoms with E-state index < -0.39 is 10.0 Å². The van der Waals surface area contributed by atoms with Gasteiger partial charge in [0, 0.05) is 19.2 Å². The maximum absolute atomic E-state index is 11.9. The molecule has 0 aliphatic carbocycles. The molecule has 2 aromatic heterocycles. The summed E-state index contributed by atoms with van der Waals surface area (Å²) >= 11 is 0. The molecular weight excluding hydrogens is 256 g/mol. The van der Waals surface area contributed by atoms with Gasteiger partial charge in [-0.3, -0.25) is 5.10 Å². The van der Waals surface area contributed by atoms with Gasteiger partial charge in [0.05, 0.1) is 0 Å². The fourth-order valence-corrected chi connectivity index (χ4v) is 2.47. The maximum Gasteiger partial charge on any atom is 0.244 e. The zero-order chi connectivity index (χ0) is 13.0. The van der Waals surface area contributed by atoms with Crippen LogP contribution in [-0.4, -0.2) is 35.1 Å². The van der Waals surface area contributed by atoms with Crippen LogP contribution in [0.5, 0.6) is 0 Å². The third-order valence-electron chi connectivity index (χ3n) is 2.21. The molecule has 2 heterocycles. The number of rotatable bonds is 5. The van der Waals surface area contributed by atoms with E-state index in [2.05, 4.69) is 24.9 Å². The Morgan fingerprint density at radius 2 is 2.22 bits per heavy atom. The van der Waals surface area contributed by atoms with Gasteiger partial charge in [0.2, 0.25) is 10.0 Å². The van der Waals surface area contributed by atoms with Crippen LogP contribution >= 0.6 is 0 Å². The summed E-state index contributed by atoms with van der Waals surface area (Å²) in [5.74, 6) is 0.585. The first-order valence-corrected chi connectivity index (χ1v) is 6.62. The molecule has 2 rings (SSSR count). The molecule has 0 spiro atoms. The van der Waals surface area contributed by atoms with Crippen LogP contribution in [0.4, 0.5) is 5.82 Å². The molecule has 0 radical (unpaired) electrons. The lowest BCUT2D eigenvalue weighted by Gasteiger charge is -2.07. The second-order valence-corrected chi connectivity index (χ2v) is 5.20. The van der Waals surface area contributed by atoms with Crippen molar-refractivity contribution in [3.63, 3.8) is 0 Å². The van der Waals surface area contributed by atoms with Crippen molar-refractivity contribution in [1.29, 1.82) is 0 Å². The number of sulfonamides is 1. The topological polar surface area (TPSA) is 127 Å². The molecule has 8 nitrogen and oxygen atoms in total. The number of nitrogens with two attached hydrogens (primary N) is 1. The van der Waals surface area contributed by atoms with Crippen molar-refractivity contribution in [1.82, 2.24) is 24.9 Å². The predicted molar refractivity (Wildman–Crippen MR) is 63.9 cm³/mol. The molecule has 0 saturated carbocycles. The van der Waals surface area contributed by atoms with Crippen LogP contribution in [0.15, 0.2) is 29.6 Å². The summed E-state index contributed by atoms with van der Waals surface area (Å²) in [6.45, 7) is 0.200. The van der Waals surface area contributed by atoms with E-state index in [9.17, 15) is 8.42 Å². The van der Waals surface area contributed by atoms with Crippen molar-refractivity contribution in [3.8, 4) is 0 Å². The van der Waals surface area contributed by atoms with E-state index in [1.165, 1.54) is 24.7 Å². The molecule has 0 unspecified atom stereocenters. The van der Waals surface area contributed by atoms with Gasteiger partial charge in [-0.15, -0.1) is 0 Å². The van der Waals surface area contributed by atoms with E-state index >= 15 is 0 Å². The van der Waals surface area contributed by atoms with Gasteiger partial charge in [0.1, 0.15) is 22.9 Å². The first kappa shape index (κ1) is 12.5. The number of nitrogens with one attached hydrogen (secondary N) is 2. The number of aromatic amines is 1. The van der Waals surface area contributed by atoms with Gasteiger partial charge < -0.3 is 5.73 Å². The van der Waals surface area contributed by atoms with E-state index in [-0.39, 0.29) is 17.3 Å². The van der Waals surface area contributed by atoms with Crippen molar-refractivity contribution in [3.05, 3.63) is 30.5 Å². The maximum atomic E-state index is 11.9. The Balaban J connectivity index is 2.02. The molecule has 9 heteroatoms. The van der Waals surface area contributed by atoms with Crippen molar-refractivity contribution < 1.29 is 8.42 Å². The van der Waals surface area contributed by atoms with E-state index in [0.29, 0.717) is 12.2 Å². The Hall–Kier alpha value is -2.00. The van der Waals surface area contributed by atoms with Crippen LogP contribution in [0.25, 0.3) is 0 Å². The first-order chi connectivity index (χ1) is 8.59. The van der Waals surface area contributed by atoms with Crippen LogP contribution in [0, 0.1) is 0 Å². The van der Waals surface area contributed by atoms with Crippen molar-refractivity contribution in [2.75, 3.05) is 12.3 Å². The van der Waals surface area contributed by atoms with Gasteiger partial charge in [-0.2, -0.15) is 5.10 Å². The largest absolute Gasteiger partial charge is 0.383 e. The van der Waals surface area contributed by atoms with Crippen LogP contribution in [0.3, 0.4) is 0 Å². The number of hydrogen-bond acceptors (Lipinski definition) is 6. The van der Waals surface area contributed by atoms with E-state index in [1.807, 2.05) is 0 Å². The van der Waals surface area contributed by atoms with Crippen molar-refractivity contribution >= 4 is 15.8 Å². The lowest BCUT2D eigenvalue weighted by atomic mass is 10.4. The molecule has 0 bridgehead atoms. The minimum absolute atomic E-state index is 0.0235. The number of aromatic nitrogens is 4. The van der Waals surface area contributed by atoms with E-state index in [1.54, 1.807) is 0 Å². The van der Waals surface area contributed by atoms with Crippen LogP contribution in [0.1, 0.15) is 5.82 Å². The first-order valence-electron chi connectivity index (χ1n) is 5.14. The molecule has 0 aliphatic heterocycles. The molecule has 0 saturated heterocycles. The van der Waals surface area contributed by atoms with Crippen LogP contribution in [-0.2, 0) is 16.4 Å². The highest BCUT2D eigenvalue weighted by molar-refractivity contribution is 7.89. The summed E-state index contributed by atoms with van der Waals surface area (Å²) in [5, 5.41) is 6.31. The summed E-state index contributed by atoms with van der Waals surface area (Å²) in [7, 11) is -3.64. The Kier molecular flexibility index (Phi) is 3.53. The molecular formula is C9H12N6O2S. The Labute approximate surface area is 104 Å². The van der Waals surface area contributed by atoms with Crippen LogP contribution in [0.2, 0.25) is 0 Å². The summed E-state index contributed by atoms with van der Waals surface area (Å²) in [4.78, 5) is 7.60. The fourth-order valence-electron chi connectivity index (χ4n) is 1.36. The van der Waals surface area contributed by atoms with Gasteiger partial charge in [0.25, 0.3) is 0 Å². The second-order valence-electron chi connectivity index (χ2n) is 3.47. The van der Waals surface area contributed by atoms with Crippen LogP contribution < -0.4 is 10.5 Å². The molecule has 0 amide bonds.